The minimum atomic E-state index is -0.650. The molecular weight excluding hydrogens is 260 g/mol. The van der Waals surface area contributed by atoms with Crippen molar-refractivity contribution in [2.45, 2.75) is 6.10 Å². The third-order valence-corrected chi connectivity index (χ3v) is 2.27. The maximum atomic E-state index is 10.3. The number of nitrogens with zero attached hydrogens (tertiary/aromatic N) is 2. The van der Waals surface area contributed by atoms with Crippen molar-refractivity contribution in [1.82, 2.24) is 14.1 Å². The number of nitrogens with one attached hydrogen (secondary N) is 1. The molecule has 4 N–H and O–H groups in total. The molecule has 1 heterocycles. The number of amides is 1. The van der Waals surface area contributed by atoms with Crippen LogP contribution in [0.4, 0.5) is 0 Å². The van der Waals surface area contributed by atoms with E-state index >= 15 is 0 Å². The lowest BCUT2D eigenvalue weighted by molar-refractivity contribution is -0.122. The number of hydrogen-bond donors (Lipinski definition) is 3. The average Bonchev–Trinajstić information content (AvgIpc) is 2.83. The molecule has 0 aromatic carbocycles. The zero-order chi connectivity index (χ0) is 13.2. The largest absolute Gasteiger partial charge is 0.473 e. The fraction of sp³-hybridized carbons (Fsp3) is 0.667. The van der Waals surface area contributed by atoms with Gasteiger partial charge in [-0.2, -0.15) is 4.37 Å². The molecule has 8 nitrogen and oxygen atoms in total. The van der Waals surface area contributed by atoms with Gasteiger partial charge in [0.15, 0.2) is 0 Å². The minimum absolute atomic E-state index is 0.0931. The van der Waals surface area contributed by atoms with Gasteiger partial charge in [0.05, 0.1) is 18.3 Å². The molecule has 1 aromatic rings. The molecule has 1 atom stereocenters. The monoisotopic (exact) mass is 276 g/mol. The smallest absolute Gasteiger partial charge is 0.245 e. The van der Waals surface area contributed by atoms with Gasteiger partial charge in [0.1, 0.15) is 25.5 Å². The Bertz CT molecular complexity index is 335. The number of aromatic nitrogens is 2. The van der Waals surface area contributed by atoms with Crippen LogP contribution in [0, 0.1) is 0 Å². The number of rotatable bonds is 10. The fourth-order valence-corrected chi connectivity index (χ4v) is 1.41. The molecule has 0 radical (unpaired) electrons. The van der Waals surface area contributed by atoms with Gasteiger partial charge in [-0.3, -0.25) is 4.79 Å². The molecule has 1 rings (SSSR count). The number of ether oxygens (including phenoxy) is 2. The molecule has 0 saturated carbocycles. The van der Waals surface area contributed by atoms with Crippen molar-refractivity contribution in [3.8, 4) is 5.88 Å². The second-order valence-corrected chi connectivity index (χ2v) is 3.99. The number of carbonyl (C=O) groups excluding carboxylic acids is 1. The van der Waals surface area contributed by atoms with Crippen molar-refractivity contribution in [3.63, 3.8) is 0 Å². The lowest BCUT2D eigenvalue weighted by Crippen LogP contribution is -2.33. The first-order valence-electron chi connectivity index (χ1n) is 5.33. The maximum Gasteiger partial charge on any atom is 0.245 e. The highest BCUT2D eigenvalue weighted by Crippen LogP contribution is 2.04. The molecule has 1 amide bonds. The van der Waals surface area contributed by atoms with Crippen LogP contribution in [-0.4, -0.2) is 58.8 Å². The van der Waals surface area contributed by atoms with Gasteiger partial charge in [0.25, 0.3) is 0 Å². The van der Waals surface area contributed by atoms with E-state index < -0.39 is 12.0 Å². The highest BCUT2D eigenvalue weighted by atomic mass is 32.1. The Hall–Kier alpha value is -1.29. The van der Waals surface area contributed by atoms with Gasteiger partial charge in [0, 0.05) is 13.1 Å². The van der Waals surface area contributed by atoms with E-state index in [-0.39, 0.29) is 13.2 Å². The van der Waals surface area contributed by atoms with Gasteiger partial charge in [-0.05, 0) is 0 Å². The molecule has 1 aromatic heterocycles. The molecule has 0 saturated heterocycles. The molecule has 0 bridgehead atoms. The predicted molar refractivity (Wildman–Crippen MR) is 64.3 cm³/mol. The molecular formula is C9H16N4O4S. The SMILES string of the molecule is NC(=O)COCCNCC(O)COc1cnsn1. The predicted octanol–water partition coefficient (Wildman–Crippen LogP) is -1.63. The van der Waals surface area contributed by atoms with Crippen molar-refractivity contribution in [2.24, 2.45) is 5.73 Å². The molecule has 0 aliphatic carbocycles. The number of carbonyl (C=O) groups is 1. The van der Waals surface area contributed by atoms with E-state index in [1.54, 1.807) is 0 Å². The Labute approximate surface area is 108 Å². The summed E-state index contributed by atoms with van der Waals surface area (Å²) >= 11 is 1.04. The summed E-state index contributed by atoms with van der Waals surface area (Å²) in [5.74, 6) is -0.0934. The first-order chi connectivity index (χ1) is 8.68. The second kappa shape index (κ2) is 8.75. The standard InChI is InChI=1S/C9H16N4O4S/c10-8(15)6-16-2-1-11-3-7(14)5-17-9-4-12-18-13-9/h4,7,11,14H,1-3,5-6H2,(H2,10,15). The maximum absolute atomic E-state index is 10.3. The molecule has 0 aliphatic rings. The number of primary amides is 1. The van der Waals surface area contributed by atoms with Gasteiger partial charge in [0.2, 0.25) is 11.8 Å². The first kappa shape index (κ1) is 14.8. The summed E-state index contributed by atoms with van der Waals surface area (Å²) < 4.78 is 17.7. The molecule has 102 valence electrons. The van der Waals surface area contributed by atoms with E-state index in [1.807, 2.05) is 0 Å². The van der Waals surface area contributed by atoms with Crippen LogP contribution < -0.4 is 15.8 Å². The third kappa shape index (κ3) is 7.12. The quantitative estimate of drug-likeness (QED) is 0.439. The van der Waals surface area contributed by atoms with Crippen molar-refractivity contribution < 1.29 is 19.4 Å². The molecule has 18 heavy (non-hydrogen) atoms. The van der Waals surface area contributed by atoms with E-state index in [2.05, 4.69) is 14.1 Å². The van der Waals surface area contributed by atoms with Crippen molar-refractivity contribution in [1.29, 1.82) is 0 Å². The summed E-state index contributed by atoms with van der Waals surface area (Å²) in [5.41, 5.74) is 4.89. The summed E-state index contributed by atoms with van der Waals surface area (Å²) in [6, 6.07) is 0. The summed E-state index contributed by atoms with van der Waals surface area (Å²) in [4.78, 5) is 10.3. The first-order valence-corrected chi connectivity index (χ1v) is 6.06. The van der Waals surface area contributed by atoms with Gasteiger partial charge in [-0.25, -0.2) is 0 Å². The fourth-order valence-electron chi connectivity index (χ4n) is 1.05. The van der Waals surface area contributed by atoms with Crippen LogP contribution in [0.5, 0.6) is 5.88 Å². The lowest BCUT2D eigenvalue weighted by Gasteiger charge is -2.11. The Kier molecular flexibility index (Phi) is 7.18. The Morgan fingerprint density at radius 2 is 2.50 bits per heavy atom. The van der Waals surface area contributed by atoms with Crippen LogP contribution in [0.3, 0.4) is 0 Å². The second-order valence-electron chi connectivity index (χ2n) is 3.43. The van der Waals surface area contributed by atoms with E-state index in [0.29, 0.717) is 25.6 Å². The van der Waals surface area contributed by atoms with Crippen LogP contribution >= 0.6 is 11.7 Å². The van der Waals surface area contributed by atoms with Gasteiger partial charge in [-0.15, -0.1) is 4.37 Å². The van der Waals surface area contributed by atoms with Gasteiger partial charge in [-0.1, -0.05) is 0 Å². The van der Waals surface area contributed by atoms with Crippen LogP contribution in [0.15, 0.2) is 6.20 Å². The van der Waals surface area contributed by atoms with E-state index in [9.17, 15) is 9.90 Å². The molecule has 9 heteroatoms. The van der Waals surface area contributed by atoms with Crippen LogP contribution in [0.2, 0.25) is 0 Å². The van der Waals surface area contributed by atoms with Crippen LogP contribution in [-0.2, 0) is 9.53 Å². The lowest BCUT2D eigenvalue weighted by atomic mass is 10.4. The molecule has 0 aliphatic heterocycles. The number of aliphatic hydroxyl groups excluding tert-OH is 1. The van der Waals surface area contributed by atoms with E-state index in [4.69, 9.17) is 15.2 Å². The number of hydrogen-bond acceptors (Lipinski definition) is 8. The highest BCUT2D eigenvalue weighted by molar-refractivity contribution is 6.99. The van der Waals surface area contributed by atoms with Crippen molar-refractivity contribution in [3.05, 3.63) is 6.20 Å². The summed E-state index contributed by atoms with van der Waals surface area (Å²) in [6.45, 7) is 1.28. The Morgan fingerprint density at radius 1 is 1.67 bits per heavy atom. The molecule has 0 spiro atoms. The number of aliphatic hydroxyl groups is 1. The van der Waals surface area contributed by atoms with E-state index in [1.165, 1.54) is 6.20 Å². The average molecular weight is 276 g/mol. The number of nitrogens with two attached hydrogens (primary N) is 1. The van der Waals surface area contributed by atoms with Crippen molar-refractivity contribution in [2.75, 3.05) is 32.9 Å². The summed E-state index contributed by atoms with van der Waals surface area (Å²) in [6.07, 6.45) is 0.838. The highest BCUT2D eigenvalue weighted by Gasteiger charge is 2.05. The van der Waals surface area contributed by atoms with Gasteiger partial charge >= 0.3 is 0 Å². The summed E-state index contributed by atoms with van der Waals surface area (Å²) in [7, 11) is 0. The van der Waals surface area contributed by atoms with Gasteiger partial charge < -0.3 is 25.6 Å². The van der Waals surface area contributed by atoms with Crippen molar-refractivity contribution >= 4 is 17.6 Å². The minimum Gasteiger partial charge on any atom is -0.473 e. The van der Waals surface area contributed by atoms with Crippen LogP contribution in [0.1, 0.15) is 0 Å². The van der Waals surface area contributed by atoms with E-state index in [0.717, 1.165) is 11.7 Å². The normalized spacial score (nSPS) is 12.3. The Balaban J connectivity index is 1.93. The molecule has 1 unspecified atom stereocenters. The third-order valence-electron chi connectivity index (χ3n) is 1.81. The zero-order valence-corrected chi connectivity index (χ0v) is 10.6. The zero-order valence-electron chi connectivity index (χ0n) is 9.74. The van der Waals surface area contributed by atoms with Crippen LogP contribution in [0.25, 0.3) is 0 Å². The molecule has 0 fully saturated rings. The topological polar surface area (TPSA) is 120 Å². The summed E-state index contributed by atoms with van der Waals surface area (Å²) in [5, 5.41) is 12.5. The Morgan fingerprint density at radius 3 is 3.17 bits per heavy atom.